The number of anilines is 1. The number of hydrogen-bond donors (Lipinski definition) is 1. The van der Waals surface area contributed by atoms with Crippen molar-refractivity contribution in [2.24, 2.45) is 11.7 Å². The van der Waals surface area contributed by atoms with Gasteiger partial charge in [-0.3, -0.25) is 10.1 Å². The van der Waals surface area contributed by atoms with Crippen molar-refractivity contribution in [3.8, 4) is 0 Å². The molecule has 0 aromatic carbocycles. The Balaban J connectivity index is 2.47. The molecule has 2 atom stereocenters. The molecular weight excluding hydrogens is 289 g/mol. The molecule has 2 rings (SSSR count). The van der Waals surface area contributed by atoms with Crippen molar-refractivity contribution in [3.63, 3.8) is 0 Å². The predicted octanol–water partition coefficient (Wildman–Crippen LogP) is 2.18. The van der Waals surface area contributed by atoms with Gasteiger partial charge >= 0.3 is 11.9 Å². The van der Waals surface area contributed by atoms with Crippen LogP contribution in [0.4, 0.5) is 24.5 Å². The second-order valence-electron chi connectivity index (χ2n) is 5.15. The Labute approximate surface area is 118 Å². The van der Waals surface area contributed by atoms with Crippen molar-refractivity contribution >= 4 is 11.4 Å². The van der Waals surface area contributed by atoms with Crippen LogP contribution >= 0.6 is 0 Å². The van der Waals surface area contributed by atoms with Crippen LogP contribution in [0.25, 0.3) is 0 Å². The number of nitrogens with zero attached hydrogens (tertiary/aromatic N) is 3. The van der Waals surface area contributed by atoms with Gasteiger partial charge in [-0.2, -0.15) is 13.2 Å². The van der Waals surface area contributed by atoms with Gasteiger partial charge in [0, 0.05) is 12.6 Å². The summed E-state index contributed by atoms with van der Waals surface area (Å²) in [6, 6.07) is 0.633. The zero-order valence-electron chi connectivity index (χ0n) is 11.3. The quantitative estimate of drug-likeness (QED) is 0.683. The molecule has 0 aliphatic carbocycles. The van der Waals surface area contributed by atoms with E-state index in [0.717, 1.165) is 6.07 Å². The van der Waals surface area contributed by atoms with Gasteiger partial charge in [0.2, 0.25) is 0 Å². The number of nitro groups is 1. The lowest BCUT2D eigenvalue weighted by molar-refractivity contribution is -0.384. The highest BCUT2D eigenvalue weighted by atomic mass is 19.4. The molecule has 1 aromatic heterocycles. The van der Waals surface area contributed by atoms with Crippen LogP contribution in [0, 0.1) is 16.0 Å². The molecule has 0 spiro atoms. The van der Waals surface area contributed by atoms with Gasteiger partial charge in [0.25, 0.3) is 0 Å². The van der Waals surface area contributed by atoms with Crippen molar-refractivity contribution in [1.29, 1.82) is 0 Å². The molecule has 9 heteroatoms. The second kappa shape index (κ2) is 5.47. The van der Waals surface area contributed by atoms with Gasteiger partial charge in [-0.1, -0.05) is 0 Å². The summed E-state index contributed by atoms with van der Waals surface area (Å²) < 4.78 is 38.3. The van der Waals surface area contributed by atoms with Gasteiger partial charge in [0.05, 0.1) is 4.92 Å². The molecular formula is C12H15F3N4O2. The Morgan fingerprint density at radius 3 is 2.71 bits per heavy atom. The first kappa shape index (κ1) is 15.5. The van der Waals surface area contributed by atoms with E-state index in [1.807, 2.05) is 6.92 Å². The van der Waals surface area contributed by atoms with Gasteiger partial charge in [-0.25, -0.2) is 4.98 Å². The Bertz CT molecular complexity index is 550. The molecule has 2 N–H and O–H groups in total. The van der Waals surface area contributed by atoms with E-state index in [1.54, 1.807) is 4.90 Å². The monoisotopic (exact) mass is 304 g/mol. The number of nitrogens with two attached hydrogens (primary N) is 1. The first-order chi connectivity index (χ1) is 9.74. The maximum Gasteiger partial charge on any atom is 0.433 e. The highest BCUT2D eigenvalue weighted by Crippen LogP contribution is 2.38. The van der Waals surface area contributed by atoms with Crippen LogP contribution < -0.4 is 10.6 Å². The molecule has 0 bridgehead atoms. The molecule has 0 saturated carbocycles. The third kappa shape index (κ3) is 3.07. The lowest BCUT2D eigenvalue weighted by Crippen LogP contribution is -2.28. The van der Waals surface area contributed by atoms with E-state index in [4.69, 9.17) is 5.73 Å². The van der Waals surface area contributed by atoms with Crippen LogP contribution in [-0.2, 0) is 6.18 Å². The molecule has 1 aliphatic rings. The van der Waals surface area contributed by atoms with Crippen LogP contribution in [0.5, 0.6) is 0 Å². The Morgan fingerprint density at radius 2 is 2.24 bits per heavy atom. The molecule has 1 aromatic rings. The zero-order valence-corrected chi connectivity index (χ0v) is 11.3. The largest absolute Gasteiger partial charge is 0.433 e. The van der Waals surface area contributed by atoms with Gasteiger partial charge in [-0.05, 0) is 31.9 Å². The molecule has 0 radical (unpaired) electrons. The average molecular weight is 304 g/mol. The molecule has 0 amide bonds. The van der Waals surface area contributed by atoms with Crippen LogP contribution in [-0.4, -0.2) is 29.0 Å². The lowest BCUT2D eigenvalue weighted by atomic mass is 10.1. The minimum Gasteiger partial charge on any atom is -0.363 e. The minimum absolute atomic E-state index is 0.0502. The summed E-state index contributed by atoms with van der Waals surface area (Å²) >= 11 is 0. The molecule has 1 fully saturated rings. The Kier molecular flexibility index (Phi) is 4.04. The Hall–Kier alpha value is -1.90. The van der Waals surface area contributed by atoms with E-state index in [0.29, 0.717) is 25.7 Å². The van der Waals surface area contributed by atoms with Crippen LogP contribution in [0.1, 0.15) is 19.0 Å². The van der Waals surface area contributed by atoms with E-state index in [1.165, 1.54) is 0 Å². The number of halogens is 3. The fourth-order valence-electron chi connectivity index (χ4n) is 2.61. The molecule has 21 heavy (non-hydrogen) atoms. The summed E-state index contributed by atoms with van der Waals surface area (Å²) in [7, 11) is 0. The number of hydrogen-bond acceptors (Lipinski definition) is 5. The highest BCUT2D eigenvalue weighted by molar-refractivity contribution is 5.64. The molecule has 6 nitrogen and oxygen atoms in total. The van der Waals surface area contributed by atoms with Gasteiger partial charge in [0.1, 0.15) is 17.6 Å². The highest BCUT2D eigenvalue weighted by Gasteiger charge is 2.37. The van der Waals surface area contributed by atoms with Crippen LogP contribution in [0.3, 0.4) is 0 Å². The van der Waals surface area contributed by atoms with Crippen molar-refractivity contribution in [3.05, 3.63) is 28.1 Å². The molecule has 2 heterocycles. The molecule has 1 aliphatic heterocycles. The van der Waals surface area contributed by atoms with E-state index >= 15 is 0 Å². The predicted molar refractivity (Wildman–Crippen MR) is 69.9 cm³/mol. The van der Waals surface area contributed by atoms with Crippen LogP contribution in [0.2, 0.25) is 0 Å². The number of alkyl halides is 3. The number of rotatable bonds is 3. The zero-order chi connectivity index (χ0) is 15.8. The van der Waals surface area contributed by atoms with Crippen LogP contribution in [0.15, 0.2) is 12.3 Å². The van der Waals surface area contributed by atoms with Crippen molar-refractivity contribution in [1.82, 2.24) is 4.98 Å². The first-order valence-corrected chi connectivity index (χ1v) is 6.42. The maximum atomic E-state index is 12.8. The third-order valence-electron chi connectivity index (χ3n) is 3.65. The normalized spacial score (nSPS) is 22.6. The van der Waals surface area contributed by atoms with E-state index in [-0.39, 0.29) is 17.6 Å². The van der Waals surface area contributed by atoms with E-state index < -0.39 is 22.5 Å². The molecule has 116 valence electrons. The first-order valence-electron chi connectivity index (χ1n) is 6.42. The van der Waals surface area contributed by atoms with Crippen molar-refractivity contribution in [2.45, 2.75) is 25.6 Å². The smallest absolute Gasteiger partial charge is 0.363 e. The van der Waals surface area contributed by atoms with E-state index in [2.05, 4.69) is 4.98 Å². The summed E-state index contributed by atoms with van der Waals surface area (Å²) in [6.45, 7) is 2.61. The van der Waals surface area contributed by atoms with Crippen molar-refractivity contribution < 1.29 is 18.1 Å². The summed E-state index contributed by atoms with van der Waals surface area (Å²) in [5.41, 5.74) is 3.97. The Morgan fingerprint density at radius 1 is 1.57 bits per heavy atom. The molecule has 2 unspecified atom stereocenters. The SMILES string of the molecule is CC1CC(CN)CN1c1cc(C(F)(F)F)ncc1[N+](=O)[O-]. The standard InChI is InChI=1S/C12H15F3N4O2/c1-7-2-8(4-16)6-18(7)9-3-11(12(13,14)15)17-5-10(9)19(20)21/h3,5,7-8H,2,4,6,16H2,1H3. The number of pyridine rings is 1. The van der Waals surface area contributed by atoms with E-state index in [9.17, 15) is 23.3 Å². The topological polar surface area (TPSA) is 85.3 Å². The second-order valence-corrected chi connectivity index (χ2v) is 5.15. The fraction of sp³-hybridized carbons (Fsp3) is 0.583. The fourth-order valence-corrected chi connectivity index (χ4v) is 2.61. The minimum atomic E-state index is -4.64. The van der Waals surface area contributed by atoms with Crippen molar-refractivity contribution in [2.75, 3.05) is 18.0 Å². The lowest BCUT2D eigenvalue weighted by Gasteiger charge is -2.24. The molecule has 1 saturated heterocycles. The maximum absolute atomic E-state index is 12.8. The number of aromatic nitrogens is 1. The summed E-state index contributed by atoms with van der Waals surface area (Å²) in [5, 5.41) is 11.0. The third-order valence-corrected chi connectivity index (χ3v) is 3.65. The summed E-state index contributed by atoms with van der Waals surface area (Å²) in [4.78, 5) is 15.1. The average Bonchev–Trinajstić information content (AvgIpc) is 2.78. The van der Waals surface area contributed by atoms with Gasteiger partial charge in [0.15, 0.2) is 0 Å². The summed E-state index contributed by atoms with van der Waals surface area (Å²) in [5.74, 6) is 0.113. The summed E-state index contributed by atoms with van der Waals surface area (Å²) in [6.07, 6.45) is -3.28. The van der Waals surface area contributed by atoms with Gasteiger partial charge in [-0.15, -0.1) is 0 Å². The van der Waals surface area contributed by atoms with Gasteiger partial charge < -0.3 is 10.6 Å².